The number of rotatable bonds is 7. The highest BCUT2D eigenvalue weighted by Crippen LogP contribution is 2.26. The largest absolute Gasteiger partial charge is 0.383 e. The van der Waals surface area contributed by atoms with Crippen LogP contribution in [0.4, 0.5) is 11.4 Å². The minimum atomic E-state index is -0.0136. The first kappa shape index (κ1) is 16.8. The molecule has 1 aromatic rings. The van der Waals surface area contributed by atoms with Crippen LogP contribution in [0.5, 0.6) is 0 Å². The zero-order chi connectivity index (χ0) is 15.1. The number of nitrogens with two attached hydrogens (primary N) is 1. The predicted octanol–water partition coefficient (Wildman–Crippen LogP) is 3.33. The molecule has 0 radical (unpaired) electrons. The molecule has 4 nitrogen and oxygen atoms in total. The van der Waals surface area contributed by atoms with Crippen molar-refractivity contribution in [1.29, 1.82) is 0 Å². The molecule has 1 unspecified atom stereocenters. The molecule has 0 aliphatic rings. The monoisotopic (exact) mass is 297 g/mol. The Labute approximate surface area is 126 Å². The number of hydrogen-bond donors (Lipinski definition) is 3. The van der Waals surface area contributed by atoms with E-state index in [1.165, 1.54) is 0 Å². The van der Waals surface area contributed by atoms with Gasteiger partial charge in [0.15, 0.2) is 0 Å². The summed E-state index contributed by atoms with van der Waals surface area (Å²) >= 11 is 6.17. The lowest BCUT2D eigenvalue weighted by Crippen LogP contribution is -2.27. The van der Waals surface area contributed by atoms with Crippen LogP contribution in [0, 0.1) is 11.8 Å². The molecular weight excluding hydrogens is 274 g/mol. The van der Waals surface area contributed by atoms with Gasteiger partial charge in [-0.2, -0.15) is 0 Å². The highest BCUT2D eigenvalue weighted by atomic mass is 35.5. The van der Waals surface area contributed by atoms with E-state index in [2.05, 4.69) is 24.5 Å². The van der Waals surface area contributed by atoms with Gasteiger partial charge < -0.3 is 16.4 Å². The van der Waals surface area contributed by atoms with Gasteiger partial charge in [0.25, 0.3) is 0 Å². The van der Waals surface area contributed by atoms with Crippen LogP contribution >= 0.6 is 11.6 Å². The van der Waals surface area contributed by atoms with Gasteiger partial charge >= 0.3 is 0 Å². The SMILES string of the molecule is CCC(=O)Nc1ccc(Cl)c(NCC(CN)C(C)C)c1. The van der Waals surface area contributed by atoms with Crippen molar-refractivity contribution in [3.8, 4) is 0 Å². The van der Waals surface area contributed by atoms with E-state index in [1.807, 2.05) is 13.0 Å². The molecule has 1 aromatic carbocycles. The quantitative estimate of drug-likeness (QED) is 0.723. The molecule has 0 heterocycles. The summed E-state index contributed by atoms with van der Waals surface area (Å²) in [5, 5.41) is 6.77. The topological polar surface area (TPSA) is 67.2 Å². The van der Waals surface area contributed by atoms with Gasteiger partial charge in [-0.05, 0) is 36.6 Å². The van der Waals surface area contributed by atoms with Crippen molar-refractivity contribution in [2.24, 2.45) is 17.6 Å². The van der Waals surface area contributed by atoms with Gasteiger partial charge in [-0.15, -0.1) is 0 Å². The second-order valence-electron chi connectivity index (χ2n) is 5.22. The number of benzene rings is 1. The first-order valence-electron chi connectivity index (χ1n) is 7.01. The number of amides is 1. The standard InChI is InChI=1S/C15H24ClN3O/c1-4-15(20)19-12-5-6-13(16)14(7-12)18-9-11(8-17)10(2)3/h5-7,10-11,18H,4,8-9,17H2,1-3H3,(H,19,20). The predicted molar refractivity (Wildman–Crippen MR) is 86.2 cm³/mol. The third-order valence-electron chi connectivity index (χ3n) is 3.37. The van der Waals surface area contributed by atoms with Gasteiger partial charge in [-0.25, -0.2) is 0 Å². The van der Waals surface area contributed by atoms with E-state index in [1.54, 1.807) is 12.1 Å². The zero-order valence-electron chi connectivity index (χ0n) is 12.4. The molecule has 0 aliphatic carbocycles. The van der Waals surface area contributed by atoms with Crippen molar-refractivity contribution in [3.63, 3.8) is 0 Å². The van der Waals surface area contributed by atoms with Crippen molar-refractivity contribution in [1.82, 2.24) is 0 Å². The molecule has 1 atom stereocenters. The molecule has 0 saturated heterocycles. The van der Waals surface area contributed by atoms with Gasteiger partial charge in [0.2, 0.25) is 5.91 Å². The Balaban J connectivity index is 2.73. The molecule has 0 bridgehead atoms. The zero-order valence-corrected chi connectivity index (χ0v) is 13.1. The summed E-state index contributed by atoms with van der Waals surface area (Å²) in [5.74, 6) is 0.884. The summed E-state index contributed by atoms with van der Waals surface area (Å²) < 4.78 is 0. The maximum Gasteiger partial charge on any atom is 0.224 e. The van der Waals surface area contributed by atoms with Crippen molar-refractivity contribution < 1.29 is 4.79 Å². The molecule has 20 heavy (non-hydrogen) atoms. The normalized spacial score (nSPS) is 12.3. The number of carbonyl (C=O) groups is 1. The maximum absolute atomic E-state index is 11.4. The summed E-state index contributed by atoms with van der Waals surface area (Å²) in [5.41, 5.74) is 7.33. The number of anilines is 2. The summed E-state index contributed by atoms with van der Waals surface area (Å²) in [6, 6.07) is 5.43. The molecule has 112 valence electrons. The molecule has 0 saturated carbocycles. The number of nitrogens with one attached hydrogen (secondary N) is 2. The van der Waals surface area contributed by atoms with Crippen molar-refractivity contribution in [3.05, 3.63) is 23.2 Å². The highest BCUT2D eigenvalue weighted by Gasteiger charge is 2.12. The van der Waals surface area contributed by atoms with Gasteiger partial charge in [0.1, 0.15) is 0 Å². The first-order chi connectivity index (χ1) is 9.47. The Morgan fingerprint density at radius 2 is 2.10 bits per heavy atom. The van der Waals surface area contributed by atoms with Crippen molar-refractivity contribution in [2.45, 2.75) is 27.2 Å². The summed E-state index contributed by atoms with van der Waals surface area (Å²) in [6.07, 6.45) is 0.452. The Bertz CT molecular complexity index is 449. The van der Waals surface area contributed by atoms with Gasteiger partial charge in [0, 0.05) is 18.7 Å². The molecule has 1 rings (SSSR count). The van der Waals surface area contributed by atoms with Crippen LogP contribution in [0.2, 0.25) is 5.02 Å². The van der Waals surface area contributed by atoms with Crippen LogP contribution in [0.15, 0.2) is 18.2 Å². The number of carbonyl (C=O) groups excluding carboxylic acids is 1. The van der Waals surface area contributed by atoms with Crippen molar-refractivity contribution in [2.75, 3.05) is 23.7 Å². The van der Waals surface area contributed by atoms with Crippen LogP contribution in [-0.2, 0) is 4.79 Å². The summed E-state index contributed by atoms with van der Waals surface area (Å²) in [7, 11) is 0. The molecule has 0 aromatic heterocycles. The van der Waals surface area contributed by atoms with E-state index >= 15 is 0 Å². The first-order valence-corrected chi connectivity index (χ1v) is 7.39. The third kappa shape index (κ3) is 5.02. The van der Waals surface area contributed by atoms with Crippen LogP contribution in [0.3, 0.4) is 0 Å². The van der Waals surface area contributed by atoms with Crippen molar-refractivity contribution >= 4 is 28.9 Å². The fraction of sp³-hybridized carbons (Fsp3) is 0.533. The van der Waals surface area contributed by atoms with Crippen LogP contribution in [0.25, 0.3) is 0 Å². The lowest BCUT2D eigenvalue weighted by molar-refractivity contribution is -0.115. The summed E-state index contributed by atoms with van der Waals surface area (Å²) in [6.45, 7) is 7.52. The van der Waals surface area contributed by atoms with E-state index < -0.39 is 0 Å². The second kappa shape index (κ2) is 8.12. The Morgan fingerprint density at radius 3 is 2.65 bits per heavy atom. The van der Waals surface area contributed by atoms with Crippen LogP contribution in [-0.4, -0.2) is 19.0 Å². The van der Waals surface area contributed by atoms with Gasteiger partial charge in [-0.1, -0.05) is 32.4 Å². The smallest absolute Gasteiger partial charge is 0.224 e. The maximum atomic E-state index is 11.4. The highest BCUT2D eigenvalue weighted by molar-refractivity contribution is 6.33. The Kier molecular flexibility index (Phi) is 6.82. The molecule has 5 heteroatoms. The molecule has 0 spiro atoms. The Morgan fingerprint density at radius 1 is 1.40 bits per heavy atom. The number of hydrogen-bond acceptors (Lipinski definition) is 3. The fourth-order valence-corrected chi connectivity index (χ4v) is 2.00. The van der Waals surface area contributed by atoms with E-state index in [4.69, 9.17) is 17.3 Å². The van der Waals surface area contributed by atoms with Crippen LogP contribution in [0.1, 0.15) is 27.2 Å². The average molecular weight is 298 g/mol. The molecule has 4 N–H and O–H groups in total. The molecule has 0 aliphatic heterocycles. The van der Waals surface area contributed by atoms with E-state index in [0.29, 0.717) is 29.8 Å². The molecular formula is C15H24ClN3O. The third-order valence-corrected chi connectivity index (χ3v) is 3.70. The minimum absolute atomic E-state index is 0.0136. The lowest BCUT2D eigenvalue weighted by Gasteiger charge is -2.20. The van der Waals surface area contributed by atoms with E-state index in [9.17, 15) is 4.79 Å². The lowest BCUT2D eigenvalue weighted by atomic mass is 9.96. The second-order valence-corrected chi connectivity index (χ2v) is 5.62. The van der Waals surface area contributed by atoms with Gasteiger partial charge in [0.05, 0.1) is 10.7 Å². The summed E-state index contributed by atoms with van der Waals surface area (Å²) in [4.78, 5) is 11.4. The van der Waals surface area contributed by atoms with E-state index in [-0.39, 0.29) is 5.91 Å². The average Bonchev–Trinajstić information content (AvgIpc) is 2.42. The van der Waals surface area contributed by atoms with E-state index in [0.717, 1.165) is 17.9 Å². The molecule has 0 fully saturated rings. The minimum Gasteiger partial charge on any atom is -0.383 e. The fourth-order valence-electron chi connectivity index (χ4n) is 1.82. The van der Waals surface area contributed by atoms with Crippen LogP contribution < -0.4 is 16.4 Å². The number of halogens is 1. The molecule has 1 amide bonds. The Hall–Kier alpha value is -1.26. The van der Waals surface area contributed by atoms with Gasteiger partial charge in [-0.3, -0.25) is 4.79 Å².